The molecule has 23 heavy (non-hydrogen) atoms. The molecule has 1 aliphatic heterocycles. The molecule has 3 rings (SSSR count). The van der Waals surface area contributed by atoms with Crippen molar-refractivity contribution < 1.29 is 4.79 Å². The van der Waals surface area contributed by atoms with Crippen LogP contribution in [0.4, 0.5) is 5.82 Å². The predicted octanol–water partition coefficient (Wildman–Crippen LogP) is 2.42. The highest BCUT2D eigenvalue weighted by atomic mass is 35.5. The fraction of sp³-hybridized carbons (Fsp3) is 0.353. The van der Waals surface area contributed by atoms with Crippen LogP contribution in [0.2, 0.25) is 0 Å². The van der Waals surface area contributed by atoms with E-state index >= 15 is 0 Å². The Balaban J connectivity index is 1.62. The third-order valence-corrected chi connectivity index (χ3v) is 4.17. The quantitative estimate of drug-likeness (QED) is 0.808. The number of hydrogen-bond donors (Lipinski definition) is 0. The van der Waals surface area contributed by atoms with Gasteiger partial charge in [-0.15, -0.1) is 21.8 Å². The summed E-state index contributed by atoms with van der Waals surface area (Å²) in [6, 6.07) is 14.0. The number of anilines is 1. The number of carbonyl (C=O) groups excluding carboxylic acids is 1. The van der Waals surface area contributed by atoms with Crippen LogP contribution in [-0.2, 0) is 4.79 Å². The third kappa shape index (κ3) is 3.79. The first kappa shape index (κ1) is 15.7. The van der Waals surface area contributed by atoms with E-state index in [-0.39, 0.29) is 5.91 Å². The van der Waals surface area contributed by atoms with Crippen LogP contribution in [0.1, 0.15) is 6.42 Å². The number of nitrogens with zero attached hydrogens (tertiary/aromatic N) is 4. The van der Waals surface area contributed by atoms with Crippen molar-refractivity contribution in [2.45, 2.75) is 6.42 Å². The molecule has 1 aromatic carbocycles. The lowest BCUT2D eigenvalue weighted by molar-refractivity contribution is -0.131. The molecule has 1 amide bonds. The van der Waals surface area contributed by atoms with Crippen LogP contribution >= 0.6 is 11.6 Å². The fourth-order valence-electron chi connectivity index (χ4n) is 2.68. The highest BCUT2D eigenvalue weighted by molar-refractivity contribution is 6.18. The molecule has 1 saturated heterocycles. The maximum Gasteiger partial charge on any atom is 0.223 e. The lowest BCUT2D eigenvalue weighted by Gasteiger charge is -2.35. The minimum atomic E-state index is 0.130. The van der Waals surface area contributed by atoms with Gasteiger partial charge in [0.1, 0.15) is 0 Å². The number of benzene rings is 1. The first-order valence-electron chi connectivity index (χ1n) is 7.76. The van der Waals surface area contributed by atoms with Crippen molar-refractivity contribution in [3.63, 3.8) is 0 Å². The van der Waals surface area contributed by atoms with Crippen LogP contribution in [0.15, 0.2) is 42.5 Å². The molecule has 1 fully saturated rings. The van der Waals surface area contributed by atoms with Gasteiger partial charge in [0.25, 0.3) is 0 Å². The third-order valence-electron chi connectivity index (χ3n) is 3.98. The molecule has 2 heterocycles. The number of hydrogen-bond acceptors (Lipinski definition) is 4. The Labute approximate surface area is 140 Å². The Hall–Kier alpha value is -2.14. The molecule has 0 spiro atoms. The molecule has 0 aliphatic carbocycles. The fourth-order valence-corrected chi connectivity index (χ4v) is 2.84. The van der Waals surface area contributed by atoms with E-state index in [0.29, 0.717) is 25.4 Å². The molecule has 6 heteroatoms. The van der Waals surface area contributed by atoms with Crippen molar-refractivity contribution in [3.8, 4) is 11.3 Å². The van der Waals surface area contributed by atoms with E-state index in [1.54, 1.807) is 0 Å². The SMILES string of the molecule is O=C(CCCl)N1CCN(c2ccc(-c3ccccc3)nn2)CC1. The summed E-state index contributed by atoms with van der Waals surface area (Å²) < 4.78 is 0. The zero-order valence-corrected chi connectivity index (χ0v) is 13.6. The summed E-state index contributed by atoms with van der Waals surface area (Å²) in [6.45, 7) is 2.95. The number of rotatable bonds is 4. The Morgan fingerprint density at radius 1 is 1.00 bits per heavy atom. The summed E-state index contributed by atoms with van der Waals surface area (Å²) in [5, 5.41) is 8.65. The van der Waals surface area contributed by atoms with Gasteiger partial charge < -0.3 is 9.80 Å². The van der Waals surface area contributed by atoms with Gasteiger partial charge in [0.2, 0.25) is 5.91 Å². The van der Waals surface area contributed by atoms with Crippen molar-refractivity contribution in [2.75, 3.05) is 37.0 Å². The van der Waals surface area contributed by atoms with Crippen LogP contribution in [0.5, 0.6) is 0 Å². The lowest BCUT2D eigenvalue weighted by atomic mass is 10.1. The van der Waals surface area contributed by atoms with E-state index in [1.807, 2.05) is 47.4 Å². The lowest BCUT2D eigenvalue weighted by Crippen LogP contribution is -2.49. The number of aromatic nitrogens is 2. The van der Waals surface area contributed by atoms with Crippen LogP contribution in [0, 0.1) is 0 Å². The average molecular weight is 331 g/mol. The molecule has 120 valence electrons. The minimum absolute atomic E-state index is 0.130. The van der Waals surface area contributed by atoms with E-state index in [1.165, 1.54) is 0 Å². The predicted molar refractivity (Wildman–Crippen MR) is 91.6 cm³/mol. The normalized spacial score (nSPS) is 14.8. The number of carbonyl (C=O) groups is 1. The van der Waals surface area contributed by atoms with Crippen molar-refractivity contribution in [2.24, 2.45) is 0 Å². The van der Waals surface area contributed by atoms with E-state index in [9.17, 15) is 4.79 Å². The Morgan fingerprint density at radius 3 is 2.35 bits per heavy atom. The molecule has 1 aliphatic rings. The second-order valence-electron chi connectivity index (χ2n) is 5.45. The van der Waals surface area contributed by atoms with E-state index in [2.05, 4.69) is 15.1 Å². The molecule has 1 aromatic heterocycles. The number of amides is 1. The molecule has 0 atom stereocenters. The van der Waals surface area contributed by atoms with Gasteiger partial charge in [-0.3, -0.25) is 4.79 Å². The summed E-state index contributed by atoms with van der Waals surface area (Å²) in [7, 11) is 0. The first-order chi connectivity index (χ1) is 11.3. The number of halogens is 1. The highest BCUT2D eigenvalue weighted by Crippen LogP contribution is 2.19. The molecule has 0 bridgehead atoms. The van der Waals surface area contributed by atoms with Crippen LogP contribution in [-0.4, -0.2) is 53.1 Å². The van der Waals surface area contributed by atoms with Gasteiger partial charge in [-0.25, -0.2) is 0 Å². The molecule has 0 radical (unpaired) electrons. The monoisotopic (exact) mass is 330 g/mol. The van der Waals surface area contributed by atoms with Crippen molar-refractivity contribution in [1.82, 2.24) is 15.1 Å². The van der Waals surface area contributed by atoms with Gasteiger partial charge in [0, 0.05) is 44.0 Å². The van der Waals surface area contributed by atoms with E-state index in [0.717, 1.165) is 30.2 Å². The maximum atomic E-state index is 11.8. The maximum absolute atomic E-state index is 11.8. The zero-order chi connectivity index (χ0) is 16.1. The molecule has 0 saturated carbocycles. The molecular formula is C17H19ClN4O. The van der Waals surface area contributed by atoms with Crippen LogP contribution in [0.3, 0.4) is 0 Å². The van der Waals surface area contributed by atoms with Crippen LogP contribution < -0.4 is 4.90 Å². The van der Waals surface area contributed by atoms with E-state index in [4.69, 9.17) is 11.6 Å². The van der Waals surface area contributed by atoms with Gasteiger partial charge in [-0.2, -0.15) is 0 Å². The number of piperazine rings is 1. The highest BCUT2D eigenvalue weighted by Gasteiger charge is 2.21. The topological polar surface area (TPSA) is 49.3 Å². The van der Waals surface area contributed by atoms with Gasteiger partial charge in [0.15, 0.2) is 5.82 Å². The Morgan fingerprint density at radius 2 is 1.74 bits per heavy atom. The molecular weight excluding hydrogens is 312 g/mol. The second kappa shape index (κ2) is 7.42. The Kier molecular flexibility index (Phi) is 5.08. The molecule has 0 unspecified atom stereocenters. The average Bonchev–Trinajstić information content (AvgIpc) is 2.63. The molecule has 0 N–H and O–H groups in total. The second-order valence-corrected chi connectivity index (χ2v) is 5.83. The van der Waals surface area contributed by atoms with Crippen LogP contribution in [0.25, 0.3) is 11.3 Å². The summed E-state index contributed by atoms with van der Waals surface area (Å²) in [5.41, 5.74) is 1.92. The zero-order valence-electron chi connectivity index (χ0n) is 12.9. The summed E-state index contributed by atoms with van der Waals surface area (Å²) in [4.78, 5) is 15.9. The largest absolute Gasteiger partial charge is 0.352 e. The Bertz CT molecular complexity index is 639. The number of alkyl halides is 1. The van der Waals surface area contributed by atoms with Gasteiger partial charge >= 0.3 is 0 Å². The van der Waals surface area contributed by atoms with Crippen molar-refractivity contribution in [1.29, 1.82) is 0 Å². The summed E-state index contributed by atoms with van der Waals surface area (Å²) in [5.74, 6) is 1.37. The first-order valence-corrected chi connectivity index (χ1v) is 8.29. The summed E-state index contributed by atoms with van der Waals surface area (Å²) in [6.07, 6.45) is 0.410. The van der Waals surface area contributed by atoms with Gasteiger partial charge in [-0.05, 0) is 12.1 Å². The van der Waals surface area contributed by atoms with Gasteiger partial charge in [-0.1, -0.05) is 30.3 Å². The summed E-state index contributed by atoms with van der Waals surface area (Å²) >= 11 is 5.63. The van der Waals surface area contributed by atoms with Gasteiger partial charge in [0.05, 0.1) is 5.69 Å². The molecule has 2 aromatic rings. The standard InChI is InChI=1S/C17H19ClN4O/c18-9-8-17(23)22-12-10-21(11-13-22)16-7-6-15(19-20-16)14-4-2-1-3-5-14/h1-7H,8-13H2. The smallest absolute Gasteiger partial charge is 0.223 e. The van der Waals surface area contributed by atoms with Crippen molar-refractivity contribution >= 4 is 23.3 Å². The van der Waals surface area contributed by atoms with E-state index < -0.39 is 0 Å². The minimum Gasteiger partial charge on any atom is -0.352 e. The molecule has 5 nitrogen and oxygen atoms in total. The van der Waals surface area contributed by atoms with Crippen molar-refractivity contribution in [3.05, 3.63) is 42.5 Å².